The van der Waals surface area contributed by atoms with Gasteiger partial charge in [-0.2, -0.15) is 0 Å². The van der Waals surface area contributed by atoms with Crippen LogP contribution < -0.4 is 5.32 Å². The highest BCUT2D eigenvalue weighted by Crippen LogP contribution is 2.41. The molecule has 2 rings (SSSR count). The Balaban J connectivity index is 1.79. The summed E-state index contributed by atoms with van der Waals surface area (Å²) in [6.45, 7) is 5.12. The minimum atomic E-state index is 0.0196. The summed E-state index contributed by atoms with van der Waals surface area (Å²) in [5.41, 5.74) is 1.95. The van der Waals surface area contributed by atoms with Crippen molar-refractivity contribution >= 4 is 27.5 Å². The zero-order valence-corrected chi connectivity index (χ0v) is 16.5. The molecule has 1 amide bonds. The second-order valence-corrected chi connectivity index (χ2v) is 8.49. The third-order valence-corrected chi connectivity index (χ3v) is 6.61. The summed E-state index contributed by atoms with van der Waals surface area (Å²) in [5, 5.41) is 4.34. The van der Waals surface area contributed by atoms with Crippen molar-refractivity contribution in [1.82, 2.24) is 10.3 Å². The Labute approximate surface area is 158 Å². The largest absolute Gasteiger partial charge is 0.352 e. The number of rotatable bonds is 10. The number of pyridine rings is 1. The van der Waals surface area contributed by atoms with Gasteiger partial charge in [-0.05, 0) is 54.0 Å². The van der Waals surface area contributed by atoms with Gasteiger partial charge in [0, 0.05) is 23.6 Å². The van der Waals surface area contributed by atoms with Crippen LogP contribution in [-0.2, 0) is 0 Å². The fourth-order valence-corrected chi connectivity index (χ4v) is 4.44. The fourth-order valence-electron chi connectivity index (χ4n) is 2.33. The molecular weight excluding hydrogens is 348 g/mol. The Bertz CT molecular complexity index is 632. The predicted molar refractivity (Wildman–Crippen MR) is 109 cm³/mol. The lowest BCUT2D eigenvalue weighted by Gasteiger charge is -2.11. The molecular formula is C20H26N2OS2. The van der Waals surface area contributed by atoms with Crippen molar-refractivity contribution in [2.75, 3.05) is 6.54 Å². The molecule has 0 aliphatic rings. The van der Waals surface area contributed by atoms with Crippen molar-refractivity contribution in [1.29, 1.82) is 0 Å². The first kappa shape index (κ1) is 19.9. The van der Waals surface area contributed by atoms with Crippen LogP contribution in [0.2, 0.25) is 0 Å². The number of unbranched alkanes of at least 4 members (excludes halogenated alkanes) is 3. The summed E-state index contributed by atoms with van der Waals surface area (Å²) in [7, 11) is 3.45. The van der Waals surface area contributed by atoms with E-state index in [2.05, 4.69) is 24.1 Å². The first-order chi connectivity index (χ1) is 12.2. The molecule has 0 fully saturated rings. The molecule has 5 heteroatoms. The first-order valence-corrected chi connectivity index (χ1v) is 11.0. The van der Waals surface area contributed by atoms with Gasteiger partial charge in [-0.3, -0.25) is 4.79 Å². The smallest absolute Gasteiger partial charge is 0.251 e. The van der Waals surface area contributed by atoms with Gasteiger partial charge in [-0.1, -0.05) is 55.2 Å². The molecule has 2 aromatic rings. The van der Waals surface area contributed by atoms with E-state index >= 15 is 0 Å². The van der Waals surface area contributed by atoms with Crippen LogP contribution in [0.4, 0.5) is 0 Å². The molecule has 1 aromatic heterocycles. The minimum absolute atomic E-state index is 0.0196. The van der Waals surface area contributed by atoms with Gasteiger partial charge < -0.3 is 5.32 Å². The number of carbonyl (C=O) groups is 1. The highest BCUT2D eigenvalue weighted by atomic mass is 33.1. The number of nitrogens with zero attached hydrogens (tertiary/aromatic N) is 1. The van der Waals surface area contributed by atoms with Crippen molar-refractivity contribution < 1.29 is 4.79 Å². The van der Waals surface area contributed by atoms with Crippen LogP contribution >= 0.6 is 21.6 Å². The summed E-state index contributed by atoms with van der Waals surface area (Å²) >= 11 is 0. The molecule has 0 saturated carbocycles. The zero-order chi connectivity index (χ0) is 17.9. The van der Waals surface area contributed by atoms with Crippen molar-refractivity contribution in [2.24, 2.45) is 0 Å². The Morgan fingerprint density at radius 2 is 1.92 bits per heavy atom. The normalized spacial score (nSPS) is 11.9. The van der Waals surface area contributed by atoms with E-state index in [-0.39, 0.29) is 5.91 Å². The van der Waals surface area contributed by atoms with Crippen molar-refractivity contribution in [2.45, 2.75) is 49.8 Å². The number of nitrogens with one attached hydrogen (secondary N) is 1. The maximum Gasteiger partial charge on any atom is 0.251 e. The van der Waals surface area contributed by atoms with Crippen LogP contribution in [0.15, 0.2) is 53.7 Å². The molecule has 1 atom stereocenters. The van der Waals surface area contributed by atoms with E-state index in [9.17, 15) is 4.79 Å². The number of hydrogen-bond acceptors (Lipinski definition) is 4. The standard InChI is InChI=1S/C20H26N2OS2/c1-3-4-5-7-15-22-20(23)18-12-10-17(11-13-18)16(2)24-25-19-9-6-8-14-21-19/h6,8-14,16H,3-5,7,15H2,1-2H3,(H,22,23). The maximum absolute atomic E-state index is 12.1. The molecule has 0 spiro atoms. The van der Waals surface area contributed by atoms with Gasteiger partial charge in [0.15, 0.2) is 0 Å². The van der Waals surface area contributed by atoms with Crippen LogP contribution in [0.3, 0.4) is 0 Å². The average molecular weight is 375 g/mol. The molecule has 0 aliphatic heterocycles. The monoisotopic (exact) mass is 374 g/mol. The van der Waals surface area contributed by atoms with E-state index < -0.39 is 0 Å². The number of carbonyl (C=O) groups excluding carboxylic acids is 1. The second kappa shape index (κ2) is 11.2. The summed E-state index contributed by atoms with van der Waals surface area (Å²) < 4.78 is 0. The van der Waals surface area contributed by atoms with E-state index in [1.54, 1.807) is 21.6 Å². The summed E-state index contributed by atoms with van der Waals surface area (Å²) in [4.78, 5) is 16.5. The van der Waals surface area contributed by atoms with Gasteiger partial charge in [-0.15, -0.1) is 0 Å². The highest BCUT2D eigenvalue weighted by Gasteiger charge is 2.10. The van der Waals surface area contributed by atoms with E-state index in [0.29, 0.717) is 5.25 Å². The van der Waals surface area contributed by atoms with E-state index in [1.165, 1.54) is 24.8 Å². The fraction of sp³-hybridized carbons (Fsp3) is 0.400. The Kier molecular flexibility index (Phi) is 8.91. The number of aromatic nitrogens is 1. The zero-order valence-electron chi connectivity index (χ0n) is 14.9. The number of hydrogen-bond donors (Lipinski definition) is 1. The van der Waals surface area contributed by atoms with Gasteiger partial charge in [-0.25, -0.2) is 4.98 Å². The summed E-state index contributed by atoms with van der Waals surface area (Å²) in [6.07, 6.45) is 6.48. The SMILES string of the molecule is CCCCCCNC(=O)c1ccc(C(C)SSc2ccccn2)cc1. The molecule has 134 valence electrons. The predicted octanol–water partition coefficient (Wildman–Crippen LogP) is 5.89. The first-order valence-electron chi connectivity index (χ1n) is 8.83. The van der Waals surface area contributed by atoms with Crippen molar-refractivity contribution in [3.63, 3.8) is 0 Å². The topological polar surface area (TPSA) is 42.0 Å². The van der Waals surface area contributed by atoms with Gasteiger partial charge in [0.2, 0.25) is 0 Å². The molecule has 3 nitrogen and oxygen atoms in total. The summed E-state index contributed by atoms with van der Waals surface area (Å²) in [6, 6.07) is 13.9. The molecule has 0 aliphatic carbocycles. The molecule has 1 aromatic carbocycles. The second-order valence-electron chi connectivity index (χ2n) is 5.93. The Morgan fingerprint density at radius 1 is 1.12 bits per heavy atom. The highest BCUT2D eigenvalue weighted by molar-refractivity contribution is 8.76. The molecule has 0 bridgehead atoms. The number of amides is 1. The van der Waals surface area contributed by atoms with Crippen molar-refractivity contribution in [3.05, 3.63) is 59.8 Å². The minimum Gasteiger partial charge on any atom is -0.352 e. The van der Waals surface area contributed by atoms with Crippen LogP contribution in [0, 0.1) is 0 Å². The third kappa shape index (κ3) is 7.12. The molecule has 25 heavy (non-hydrogen) atoms. The lowest BCUT2D eigenvalue weighted by molar-refractivity contribution is 0.0953. The molecule has 0 radical (unpaired) electrons. The van der Waals surface area contributed by atoms with E-state index in [4.69, 9.17) is 0 Å². The lowest BCUT2D eigenvalue weighted by Crippen LogP contribution is -2.24. The van der Waals surface area contributed by atoms with Gasteiger partial charge in [0.25, 0.3) is 5.91 Å². The maximum atomic E-state index is 12.1. The summed E-state index contributed by atoms with van der Waals surface area (Å²) in [5.74, 6) is 0.0196. The van der Waals surface area contributed by atoms with Crippen LogP contribution in [0.1, 0.15) is 60.7 Å². The Hall–Kier alpha value is -1.46. The molecule has 1 heterocycles. The lowest BCUT2D eigenvalue weighted by atomic mass is 10.1. The van der Waals surface area contributed by atoms with Crippen LogP contribution in [0.5, 0.6) is 0 Å². The molecule has 1 unspecified atom stereocenters. The van der Waals surface area contributed by atoms with Gasteiger partial charge in [0.05, 0.1) is 0 Å². The van der Waals surface area contributed by atoms with Gasteiger partial charge in [0.1, 0.15) is 5.03 Å². The average Bonchev–Trinajstić information content (AvgIpc) is 2.66. The van der Waals surface area contributed by atoms with E-state index in [1.807, 2.05) is 48.7 Å². The Morgan fingerprint density at radius 3 is 2.60 bits per heavy atom. The van der Waals surface area contributed by atoms with Gasteiger partial charge >= 0.3 is 0 Å². The third-order valence-electron chi connectivity index (χ3n) is 3.87. The van der Waals surface area contributed by atoms with Crippen LogP contribution in [-0.4, -0.2) is 17.4 Å². The molecule has 0 saturated heterocycles. The van der Waals surface area contributed by atoms with E-state index in [0.717, 1.165) is 23.6 Å². The van der Waals surface area contributed by atoms with Crippen molar-refractivity contribution in [3.8, 4) is 0 Å². The quantitative estimate of drug-likeness (QED) is 0.416. The number of benzene rings is 1. The van der Waals surface area contributed by atoms with Crippen LogP contribution in [0.25, 0.3) is 0 Å². The molecule has 1 N–H and O–H groups in total.